The first-order valence-electron chi connectivity index (χ1n) is 5.61. The molecule has 0 spiro atoms. The fourth-order valence-electron chi connectivity index (χ4n) is 1.04. The summed E-state index contributed by atoms with van der Waals surface area (Å²) in [5, 5.41) is 2.40. The number of carbonyl (C=O) groups excluding carboxylic acids is 2. The smallest absolute Gasteiger partial charge is 0.328 e. The van der Waals surface area contributed by atoms with Crippen LogP contribution in [-0.2, 0) is 24.2 Å². The lowest BCUT2D eigenvalue weighted by atomic mass is 10.2. The molecule has 1 N–H and O–H groups in total. The molecule has 0 aliphatic heterocycles. The number of hydrogen-bond acceptors (Lipinski definition) is 5. The molecule has 106 valence electrons. The number of amides is 1. The Morgan fingerprint density at radius 3 is 2.17 bits per heavy atom. The van der Waals surface area contributed by atoms with E-state index in [1.54, 1.807) is 20.8 Å². The van der Waals surface area contributed by atoms with Gasteiger partial charge in [-0.05, 0) is 27.7 Å². The van der Waals surface area contributed by atoms with Gasteiger partial charge in [0.25, 0.3) is 0 Å². The van der Waals surface area contributed by atoms with Crippen LogP contribution >= 0.6 is 0 Å². The number of ether oxygens (including phenoxy) is 1. The maximum absolute atomic E-state index is 11.5. The van der Waals surface area contributed by atoms with Crippen molar-refractivity contribution in [2.24, 2.45) is 0 Å². The van der Waals surface area contributed by atoms with Crippen LogP contribution in [0.2, 0.25) is 0 Å². The molecule has 0 aliphatic rings. The van der Waals surface area contributed by atoms with Crippen LogP contribution in [0.25, 0.3) is 0 Å². The monoisotopic (exact) mass is 279 g/mol. The highest BCUT2D eigenvalue weighted by atomic mass is 32.2. The van der Waals surface area contributed by atoms with Crippen molar-refractivity contribution < 1.29 is 22.7 Å². The number of hydrogen-bond donors (Lipinski definition) is 1. The summed E-state index contributed by atoms with van der Waals surface area (Å²) in [6.45, 7) is 6.67. The number of rotatable bonds is 5. The summed E-state index contributed by atoms with van der Waals surface area (Å²) in [5.74, 6) is -1.27. The maximum atomic E-state index is 11.5. The molecule has 0 bridgehead atoms. The van der Waals surface area contributed by atoms with E-state index in [1.807, 2.05) is 0 Å². The van der Waals surface area contributed by atoms with Gasteiger partial charge < -0.3 is 10.1 Å². The van der Waals surface area contributed by atoms with Gasteiger partial charge in [0.05, 0.1) is 5.75 Å². The van der Waals surface area contributed by atoms with Gasteiger partial charge >= 0.3 is 5.97 Å². The molecule has 0 aliphatic carbocycles. The molecule has 0 aromatic rings. The number of nitrogens with one attached hydrogen (secondary N) is 1. The van der Waals surface area contributed by atoms with E-state index in [4.69, 9.17) is 4.74 Å². The van der Waals surface area contributed by atoms with E-state index in [1.165, 1.54) is 6.92 Å². The molecule has 1 amide bonds. The van der Waals surface area contributed by atoms with E-state index >= 15 is 0 Å². The van der Waals surface area contributed by atoms with Crippen LogP contribution in [0.5, 0.6) is 0 Å². The lowest BCUT2D eigenvalue weighted by Gasteiger charge is -2.22. The Hall–Kier alpha value is -1.11. The second kappa shape index (κ2) is 6.17. The van der Waals surface area contributed by atoms with Crippen molar-refractivity contribution >= 4 is 21.7 Å². The number of sulfone groups is 1. The average molecular weight is 279 g/mol. The zero-order chi connectivity index (χ0) is 14.6. The highest BCUT2D eigenvalue weighted by Gasteiger charge is 2.23. The van der Waals surface area contributed by atoms with E-state index in [-0.39, 0.29) is 12.2 Å². The zero-order valence-corrected chi connectivity index (χ0v) is 12.3. The second-order valence-corrected chi connectivity index (χ2v) is 7.46. The third-order valence-electron chi connectivity index (χ3n) is 1.84. The van der Waals surface area contributed by atoms with E-state index in [2.05, 4.69) is 5.32 Å². The molecular weight excluding hydrogens is 258 g/mol. The van der Waals surface area contributed by atoms with Gasteiger partial charge in [-0.15, -0.1) is 0 Å². The summed E-state index contributed by atoms with van der Waals surface area (Å²) in [4.78, 5) is 22.9. The maximum Gasteiger partial charge on any atom is 0.328 e. The van der Waals surface area contributed by atoms with Crippen LogP contribution in [0.15, 0.2) is 0 Å². The Kier molecular flexibility index (Phi) is 5.79. The quantitative estimate of drug-likeness (QED) is 0.729. The Morgan fingerprint density at radius 1 is 1.28 bits per heavy atom. The first-order chi connectivity index (χ1) is 7.91. The third kappa shape index (κ3) is 8.98. The van der Waals surface area contributed by atoms with Crippen LogP contribution in [0, 0.1) is 0 Å². The summed E-state index contributed by atoms with van der Waals surface area (Å²) in [6.07, 6.45) is 0.892. The van der Waals surface area contributed by atoms with Crippen LogP contribution in [0.3, 0.4) is 0 Å². The molecule has 0 aromatic heterocycles. The van der Waals surface area contributed by atoms with Gasteiger partial charge in [0, 0.05) is 12.7 Å². The molecule has 6 nitrogen and oxygen atoms in total. The molecule has 1 atom stereocenters. The summed E-state index contributed by atoms with van der Waals surface area (Å²) in [6, 6.07) is -0.795. The number of carbonyl (C=O) groups is 2. The SMILES string of the molecule is C[C@H](NC(=O)CCS(C)(=O)=O)C(=O)OC(C)(C)C. The molecular formula is C11H21NO5S. The van der Waals surface area contributed by atoms with Gasteiger partial charge in [-0.3, -0.25) is 4.79 Å². The molecule has 0 rings (SSSR count). The Bertz CT molecular complexity index is 408. The minimum Gasteiger partial charge on any atom is -0.458 e. The van der Waals surface area contributed by atoms with Crippen molar-refractivity contribution in [3.63, 3.8) is 0 Å². The van der Waals surface area contributed by atoms with Gasteiger partial charge in [-0.2, -0.15) is 0 Å². The topological polar surface area (TPSA) is 89.5 Å². The van der Waals surface area contributed by atoms with Gasteiger partial charge in [-0.1, -0.05) is 0 Å². The van der Waals surface area contributed by atoms with Gasteiger partial charge in [0.2, 0.25) is 5.91 Å². The highest BCUT2D eigenvalue weighted by Crippen LogP contribution is 2.08. The average Bonchev–Trinajstić information content (AvgIpc) is 2.10. The standard InChI is InChI=1S/C11H21NO5S/c1-8(10(14)17-11(2,3)4)12-9(13)6-7-18(5,15)16/h8H,6-7H2,1-5H3,(H,12,13)/t8-/m0/s1. The predicted molar refractivity (Wildman–Crippen MR) is 67.8 cm³/mol. The lowest BCUT2D eigenvalue weighted by Crippen LogP contribution is -2.42. The van der Waals surface area contributed by atoms with Crippen LogP contribution in [0.1, 0.15) is 34.1 Å². The van der Waals surface area contributed by atoms with Gasteiger partial charge in [0.1, 0.15) is 21.5 Å². The van der Waals surface area contributed by atoms with Crippen molar-refractivity contribution in [3.8, 4) is 0 Å². The second-order valence-electron chi connectivity index (χ2n) is 5.20. The number of esters is 1. The molecule has 0 unspecified atom stereocenters. The fraction of sp³-hybridized carbons (Fsp3) is 0.818. The lowest BCUT2D eigenvalue weighted by molar-refractivity contribution is -0.158. The minimum absolute atomic E-state index is 0.161. The van der Waals surface area contributed by atoms with E-state index in [0.717, 1.165) is 6.26 Å². The summed E-state index contributed by atoms with van der Waals surface area (Å²) >= 11 is 0. The molecule has 18 heavy (non-hydrogen) atoms. The first-order valence-corrected chi connectivity index (χ1v) is 7.67. The molecule has 0 saturated heterocycles. The van der Waals surface area contributed by atoms with Gasteiger partial charge in [-0.25, -0.2) is 13.2 Å². The van der Waals surface area contributed by atoms with Crippen LogP contribution in [0.4, 0.5) is 0 Å². The van der Waals surface area contributed by atoms with Crippen molar-refractivity contribution in [2.75, 3.05) is 12.0 Å². The van der Waals surface area contributed by atoms with Crippen molar-refractivity contribution in [2.45, 2.75) is 45.8 Å². The first kappa shape index (κ1) is 16.9. The Morgan fingerprint density at radius 2 is 1.78 bits per heavy atom. The predicted octanol–water partition coefficient (Wildman–Crippen LogP) is 0.268. The summed E-state index contributed by atoms with van der Waals surface area (Å²) in [5.41, 5.74) is -0.622. The molecule has 0 fully saturated rings. The fourth-order valence-corrected chi connectivity index (χ4v) is 1.60. The molecule has 0 aromatic carbocycles. The van der Waals surface area contributed by atoms with Gasteiger partial charge in [0.15, 0.2) is 0 Å². The third-order valence-corrected chi connectivity index (χ3v) is 2.78. The van der Waals surface area contributed by atoms with Crippen molar-refractivity contribution in [1.29, 1.82) is 0 Å². The molecule has 0 radical (unpaired) electrons. The molecule has 0 heterocycles. The Balaban J connectivity index is 4.20. The summed E-state index contributed by atoms with van der Waals surface area (Å²) in [7, 11) is -3.18. The van der Waals surface area contributed by atoms with Crippen molar-refractivity contribution in [1.82, 2.24) is 5.32 Å². The van der Waals surface area contributed by atoms with Crippen molar-refractivity contribution in [3.05, 3.63) is 0 Å². The van der Waals surface area contributed by atoms with Crippen LogP contribution < -0.4 is 5.32 Å². The highest BCUT2D eigenvalue weighted by molar-refractivity contribution is 7.90. The minimum atomic E-state index is -3.18. The zero-order valence-electron chi connectivity index (χ0n) is 11.4. The van der Waals surface area contributed by atoms with E-state index < -0.39 is 33.4 Å². The normalized spacial score (nSPS) is 13.8. The van der Waals surface area contributed by atoms with E-state index in [0.29, 0.717) is 0 Å². The van der Waals surface area contributed by atoms with Crippen LogP contribution in [-0.4, -0.2) is 43.9 Å². The molecule has 0 saturated carbocycles. The van der Waals surface area contributed by atoms with E-state index in [9.17, 15) is 18.0 Å². The largest absolute Gasteiger partial charge is 0.458 e. The Labute approximate surface area is 108 Å². The summed E-state index contributed by atoms with van der Waals surface area (Å²) < 4.78 is 26.8. The molecule has 7 heteroatoms.